The van der Waals surface area contributed by atoms with Gasteiger partial charge in [0.1, 0.15) is 17.9 Å². The molecule has 0 atom stereocenters. The van der Waals surface area contributed by atoms with Crippen LogP contribution >= 0.6 is 0 Å². The number of rotatable bonds is 4. The van der Waals surface area contributed by atoms with E-state index in [0.29, 0.717) is 4.90 Å². The van der Waals surface area contributed by atoms with Crippen molar-refractivity contribution in [1.82, 2.24) is 4.90 Å². The molecule has 1 aromatic rings. The Labute approximate surface area is 147 Å². The summed E-state index contributed by atoms with van der Waals surface area (Å²) < 4.78 is 14.9. The van der Waals surface area contributed by atoms with Crippen molar-refractivity contribution in [3.05, 3.63) is 47.7 Å². The number of hydrogen-bond acceptors (Lipinski definition) is 6. The van der Waals surface area contributed by atoms with Crippen molar-refractivity contribution < 1.29 is 28.6 Å². The van der Waals surface area contributed by atoms with E-state index in [2.05, 4.69) is 4.74 Å². The fourth-order valence-electron chi connectivity index (χ4n) is 1.81. The van der Waals surface area contributed by atoms with Crippen LogP contribution < -0.4 is 0 Å². The van der Waals surface area contributed by atoms with Gasteiger partial charge < -0.3 is 14.2 Å². The van der Waals surface area contributed by atoms with Crippen LogP contribution in [0.3, 0.4) is 0 Å². The Kier molecular flexibility index (Phi) is 7.17. The molecule has 0 heterocycles. The highest BCUT2D eigenvalue weighted by molar-refractivity contribution is 6.01. The molecule has 25 heavy (non-hydrogen) atoms. The third-order valence-corrected chi connectivity index (χ3v) is 2.87. The first kappa shape index (κ1) is 20.2. The minimum Gasteiger partial charge on any atom is -0.464 e. The molecule has 0 aliphatic carbocycles. The van der Waals surface area contributed by atoms with Gasteiger partial charge in [0.15, 0.2) is 0 Å². The smallest absolute Gasteiger partial charge is 0.424 e. The molecule has 1 rings (SSSR count). The molecule has 0 saturated carbocycles. The molecule has 0 fully saturated rings. The molecule has 0 N–H and O–H groups in total. The van der Waals surface area contributed by atoms with E-state index in [9.17, 15) is 14.4 Å². The molecule has 136 valence electrons. The number of ether oxygens (including phenoxy) is 3. The fourth-order valence-corrected chi connectivity index (χ4v) is 1.81. The second-order valence-corrected chi connectivity index (χ2v) is 6.02. The lowest BCUT2D eigenvalue weighted by molar-refractivity contribution is -0.137. The van der Waals surface area contributed by atoms with Crippen LogP contribution in [0.25, 0.3) is 0 Å². The van der Waals surface area contributed by atoms with E-state index < -0.39 is 23.8 Å². The van der Waals surface area contributed by atoms with Crippen LogP contribution in [0.5, 0.6) is 0 Å². The Morgan fingerprint density at radius 2 is 1.68 bits per heavy atom. The maximum absolute atomic E-state index is 12.4. The van der Waals surface area contributed by atoms with Crippen molar-refractivity contribution in [2.75, 3.05) is 7.11 Å². The average Bonchev–Trinajstić information content (AvgIpc) is 2.56. The maximum Gasteiger partial charge on any atom is 0.424 e. The lowest BCUT2D eigenvalue weighted by atomic mass is 10.2. The van der Waals surface area contributed by atoms with Gasteiger partial charge in [-0.1, -0.05) is 36.4 Å². The summed E-state index contributed by atoms with van der Waals surface area (Å²) in [5.41, 5.74) is -0.404. The lowest BCUT2D eigenvalue weighted by Crippen LogP contribution is -2.42. The number of benzene rings is 1. The van der Waals surface area contributed by atoms with Gasteiger partial charge in [-0.2, -0.15) is 4.90 Å². The van der Waals surface area contributed by atoms with Crippen molar-refractivity contribution in [3.63, 3.8) is 0 Å². The normalized spacial score (nSPS) is 11.5. The number of carbonyl (C=O) groups excluding carboxylic acids is 3. The molecule has 0 radical (unpaired) electrons. The van der Waals surface area contributed by atoms with Gasteiger partial charge in [0.25, 0.3) is 0 Å². The van der Waals surface area contributed by atoms with E-state index in [-0.39, 0.29) is 12.3 Å². The van der Waals surface area contributed by atoms with E-state index in [1.807, 2.05) is 6.07 Å². The van der Waals surface area contributed by atoms with Crippen LogP contribution in [0.2, 0.25) is 0 Å². The number of carbonyl (C=O) groups is 3. The number of nitrogens with zero attached hydrogens (tertiary/aromatic N) is 1. The van der Waals surface area contributed by atoms with Crippen LogP contribution in [0.1, 0.15) is 33.3 Å². The van der Waals surface area contributed by atoms with E-state index in [0.717, 1.165) is 12.7 Å². The summed E-state index contributed by atoms with van der Waals surface area (Å²) >= 11 is 0. The number of amides is 2. The topological polar surface area (TPSA) is 82.1 Å². The van der Waals surface area contributed by atoms with E-state index in [1.165, 1.54) is 13.0 Å². The molecule has 7 heteroatoms. The van der Waals surface area contributed by atoms with Gasteiger partial charge in [-0.3, -0.25) is 0 Å². The summed E-state index contributed by atoms with van der Waals surface area (Å²) in [6.45, 7) is 6.37. The van der Waals surface area contributed by atoms with Gasteiger partial charge in [-0.05, 0) is 33.3 Å². The lowest BCUT2D eigenvalue weighted by Gasteiger charge is -2.26. The largest absolute Gasteiger partial charge is 0.464 e. The first-order valence-corrected chi connectivity index (χ1v) is 7.68. The number of imide groups is 1. The minimum atomic E-state index is -1.03. The number of esters is 1. The van der Waals surface area contributed by atoms with Crippen molar-refractivity contribution >= 4 is 18.2 Å². The maximum atomic E-state index is 12.4. The molecule has 0 unspecified atom stereocenters. The van der Waals surface area contributed by atoms with Crippen molar-refractivity contribution in [2.24, 2.45) is 0 Å². The van der Waals surface area contributed by atoms with Crippen molar-refractivity contribution in [1.29, 1.82) is 0 Å². The van der Waals surface area contributed by atoms with Crippen molar-refractivity contribution in [3.8, 4) is 0 Å². The van der Waals surface area contributed by atoms with Crippen LogP contribution in [-0.4, -0.2) is 35.8 Å². The molecular weight excluding hydrogens is 326 g/mol. The van der Waals surface area contributed by atoms with Gasteiger partial charge in [0.05, 0.1) is 7.11 Å². The van der Waals surface area contributed by atoms with Gasteiger partial charge in [0, 0.05) is 0 Å². The second-order valence-electron chi connectivity index (χ2n) is 6.02. The van der Waals surface area contributed by atoms with Crippen LogP contribution in [-0.2, 0) is 25.6 Å². The summed E-state index contributed by atoms with van der Waals surface area (Å²) in [6.07, 6.45) is -0.778. The second kappa shape index (κ2) is 8.86. The monoisotopic (exact) mass is 349 g/mol. The number of methoxy groups -OCH3 is 1. The zero-order valence-electron chi connectivity index (χ0n) is 15.1. The average molecular weight is 349 g/mol. The summed E-state index contributed by atoms with van der Waals surface area (Å²) in [4.78, 5) is 37.2. The first-order valence-electron chi connectivity index (χ1n) is 7.68. The Morgan fingerprint density at radius 1 is 1.08 bits per heavy atom. The Bertz CT molecular complexity index is 645. The standard InChI is InChI=1S/C18H23NO6/c1-6-14(15(20)23-5)19(17(22)25-18(2,3)4)16(21)24-12-13-10-8-7-9-11-13/h6-11H,12H2,1-5H3/b14-6-. The summed E-state index contributed by atoms with van der Waals surface area (Å²) in [5, 5.41) is 0. The molecule has 1 aromatic carbocycles. The summed E-state index contributed by atoms with van der Waals surface area (Å²) in [7, 11) is 1.15. The van der Waals surface area contributed by atoms with Crippen LogP contribution in [0.4, 0.5) is 9.59 Å². The highest BCUT2D eigenvalue weighted by Gasteiger charge is 2.35. The summed E-state index contributed by atoms with van der Waals surface area (Å²) in [5.74, 6) is -0.856. The third kappa shape index (κ3) is 6.29. The SMILES string of the molecule is C/C=C(/C(=O)OC)N(C(=O)OCc1ccccc1)C(=O)OC(C)(C)C. The molecule has 2 amide bonds. The Balaban J connectivity index is 3.01. The zero-order valence-corrected chi connectivity index (χ0v) is 15.1. The van der Waals surface area contributed by atoms with Gasteiger partial charge in [0.2, 0.25) is 0 Å². The van der Waals surface area contributed by atoms with Crippen LogP contribution in [0.15, 0.2) is 42.1 Å². The molecule has 0 bridgehead atoms. The van der Waals surface area contributed by atoms with Gasteiger partial charge in [-0.15, -0.1) is 0 Å². The quantitative estimate of drug-likeness (QED) is 0.469. The van der Waals surface area contributed by atoms with E-state index in [4.69, 9.17) is 9.47 Å². The third-order valence-electron chi connectivity index (χ3n) is 2.87. The Hall–Kier alpha value is -2.83. The van der Waals surface area contributed by atoms with E-state index >= 15 is 0 Å². The predicted molar refractivity (Wildman–Crippen MR) is 90.5 cm³/mol. The molecule has 0 aromatic heterocycles. The van der Waals surface area contributed by atoms with E-state index in [1.54, 1.807) is 45.0 Å². The Morgan fingerprint density at radius 3 is 2.16 bits per heavy atom. The zero-order chi connectivity index (χ0) is 19.0. The van der Waals surface area contributed by atoms with Gasteiger partial charge >= 0.3 is 18.2 Å². The predicted octanol–water partition coefficient (Wildman–Crippen LogP) is 3.64. The number of hydrogen-bond donors (Lipinski definition) is 0. The molecular formula is C18H23NO6. The molecule has 0 saturated heterocycles. The highest BCUT2D eigenvalue weighted by Crippen LogP contribution is 2.17. The molecule has 7 nitrogen and oxygen atoms in total. The highest BCUT2D eigenvalue weighted by atomic mass is 16.6. The number of allylic oxidation sites excluding steroid dienone is 1. The first-order chi connectivity index (χ1) is 11.7. The van der Waals surface area contributed by atoms with Crippen LogP contribution in [0, 0.1) is 0 Å². The van der Waals surface area contributed by atoms with Crippen molar-refractivity contribution in [2.45, 2.75) is 39.9 Å². The molecule has 0 spiro atoms. The fraction of sp³-hybridized carbons (Fsp3) is 0.389. The van der Waals surface area contributed by atoms with Gasteiger partial charge in [-0.25, -0.2) is 14.4 Å². The minimum absolute atomic E-state index is 0.0584. The molecule has 0 aliphatic heterocycles. The molecule has 0 aliphatic rings. The summed E-state index contributed by atoms with van der Waals surface area (Å²) in [6, 6.07) is 8.94.